The summed E-state index contributed by atoms with van der Waals surface area (Å²) >= 11 is 0. The third kappa shape index (κ3) is 8.19. The maximum absolute atomic E-state index is 13.2. The number of ether oxygens (including phenoxy) is 3. The van der Waals surface area contributed by atoms with Crippen molar-refractivity contribution in [3.8, 4) is 11.5 Å². The van der Waals surface area contributed by atoms with Gasteiger partial charge in [-0.2, -0.15) is 0 Å². The van der Waals surface area contributed by atoms with Crippen LogP contribution in [-0.2, 0) is 16.1 Å². The molecule has 0 saturated heterocycles. The second-order valence-corrected chi connectivity index (χ2v) is 7.66. The summed E-state index contributed by atoms with van der Waals surface area (Å²) in [5.74, 6) is 0.990. The maximum atomic E-state index is 13.2. The zero-order valence-electron chi connectivity index (χ0n) is 18.9. The highest BCUT2D eigenvalue weighted by Crippen LogP contribution is 2.26. The van der Waals surface area contributed by atoms with E-state index in [2.05, 4.69) is 11.9 Å². The molecule has 0 fully saturated rings. The van der Waals surface area contributed by atoms with Crippen LogP contribution in [0.2, 0.25) is 0 Å². The van der Waals surface area contributed by atoms with E-state index >= 15 is 0 Å². The van der Waals surface area contributed by atoms with Crippen molar-refractivity contribution in [3.63, 3.8) is 0 Å². The molecule has 0 heterocycles. The number of amides is 2. The van der Waals surface area contributed by atoms with Gasteiger partial charge in [0.05, 0.1) is 14.2 Å². The van der Waals surface area contributed by atoms with Gasteiger partial charge in [-0.25, -0.2) is 4.79 Å². The molecule has 166 valence electrons. The lowest BCUT2D eigenvalue weighted by atomic mass is 10.1. The van der Waals surface area contributed by atoms with Crippen molar-refractivity contribution in [2.75, 3.05) is 20.8 Å². The van der Waals surface area contributed by atoms with Crippen molar-refractivity contribution in [1.82, 2.24) is 10.2 Å². The van der Waals surface area contributed by atoms with Crippen molar-refractivity contribution >= 4 is 12.0 Å². The Hall–Kier alpha value is -2.96. The molecule has 7 heteroatoms. The minimum Gasteiger partial charge on any atom is -0.497 e. The van der Waals surface area contributed by atoms with Crippen LogP contribution in [0, 0.1) is 0 Å². The first-order valence-electron chi connectivity index (χ1n) is 9.92. The number of unbranched alkanes of at least 4 members (excludes halogenated alkanes) is 1. The highest BCUT2D eigenvalue weighted by molar-refractivity contribution is 5.96. The molecule has 7 nitrogen and oxygen atoms in total. The summed E-state index contributed by atoms with van der Waals surface area (Å²) < 4.78 is 16.0. The fourth-order valence-electron chi connectivity index (χ4n) is 2.70. The second-order valence-electron chi connectivity index (χ2n) is 7.66. The normalized spacial score (nSPS) is 11.5. The predicted octanol–water partition coefficient (Wildman–Crippen LogP) is 4.43. The Morgan fingerprint density at radius 2 is 1.90 bits per heavy atom. The molecule has 0 bridgehead atoms. The van der Waals surface area contributed by atoms with Crippen LogP contribution in [-0.4, -0.2) is 43.3 Å². The smallest absolute Gasteiger partial charge is 0.412 e. The average molecular weight is 419 g/mol. The van der Waals surface area contributed by atoms with E-state index in [1.807, 2.05) is 18.2 Å². The first-order valence-corrected chi connectivity index (χ1v) is 9.92. The number of nitrogens with zero attached hydrogens (tertiary/aromatic N) is 1. The molecule has 2 amide bonds. The minimum absolute atomic E-state index is 0.162. The lowest BCUT2D eigenvalue weighted by molar-refractivity contribution is -0.128. The molecule has 0 aromatic heterocycles. The summed E-state index contributed by atoms with van der Waals surface area (Å²) in [5.41, 5.74) is 0.333. The number of allylic oxidation sites excluding steroid dienone is 2. The van der Waals surface area contributed by atoms with Crippen LogP contribution in [0.1, 0.15) is 46.1 Å². The Kier molecular flexibility index (Phi) is 9.95. The SMILES string of the molecule is C=CCCCN(Cc1ccc(OC)cc1OC)C(=O)/C(=C\C)NC(=O)OC(C)(C)C. The molecule has 0 atom stereocenters. The monoisotopic (exact) mass is 418 g/mol. The van der Waals surface area contributed by atoms with Crippen LogP contribution in [0.25, 0.3) is 0 Å². The molecule has 0 unspecified atom stereocenters. The van der Waals surface area contributed by atoms with Gasteiger partial charge < -0.3 is 19.1 Å². The van der Waals surface area contributed by atoms with Crippen molar-refractivity contribution < 1.29 is 23.8 Å². The number of benzene rings is 1. The second kappa shape index (κ2) is 11.9. The van der Waals surface area contributed by atoms with E-state index in [0.717, 1.165) is 18.4 Å². The quantitative estimate of drug-likeness (QED) is 0.346. The van der Waals surface area contributed by atoms with Crippen molar-refractivity contribution in [1.29, 1.82) is 0 Å². The number of rotatable bonds is 10. The molecule has 0 saturated carbocycles. The fraction of sp³-hybridized carbons (Fsp3) is 0.478. The Morgan fingerprint density at radius 1 is 1.20 bits per heavy atom. The van der Waals surface area contributed by atoms with Crippen molar-refractivity contribution in [2.45, 2.75) is 52.7 Å². The largest absolute Gasteiger partial charge is 0.497 e. The Morgan fingerprint density at radius 3 is 2.43 bits per heavy atom. The third-order valence-corrected chi connectivity index (χ3v) is 4.13. The minimum atomic E-state index is -0.669. The summed E-state index contributed by atoms with van der Waals surface area (Å²) in [7, 11) is 3.16. The third-order valence-electron chi connectivity index (χ3n) is 4.13. The average Bonchev–Trinajstić information content (AvgIpc) is 2.69. The summed E-state index contributed by atoms with van der Waals surface area (Å²) in [5, 5.41) is 2.56. The van der Waals surface area contributed by atoms with Crippen LogP contribution in [0.4, 0.5) is 4.79 Å². The van der Waals surface area contributed by atoms with E-state index < -0.39 is 11.7 Å². The van der Waals surface area contributed by atoms with Crippen LogP contribution in [0.3, 0.4) is 0 Å². The molecule has 1 rings (SSSR count). The van der Waals surface area contributed by atoms with Crippen LogP contribution < -0.4 is 14.8 Å². The van der Waals surface area contributed by atoms with E-state index in [-0.39, 0.29) is 11.6 Å². The van der Waals surface area contributed by atoms with Gasteiger partial charge in [0.25, 0.3) is 5.91 Å². The molecule has 30 heavy (non-hydrogen) atoms. The van der Waals surface area contributed by atoms with Crippen molar-refractivity contribution in [2.24, 2.45) is 0 Å². The van der Waals surface area contributed by atoms with Crippen LogP contribution >= 0.6 is 0 Å². The maximum Gasteiger partial charge on any atom is 0.412 e. The number of hydrogen-bond acceptors (Lipinski definition) is 5. The lowest BCUT2D eigenvalue weighted by Crippen LogP contribution is -2.40. The van der Waals surface area contributed by atoms with Gasteiger partial charge >= 0.3 is 6.09 Å². The van der Waals surface area contributed by atoms with Gasteiger partial charge in [-0.3, -0.25) is 10.1 Å². The molecule has 0 radical (unpaired) electrons. The van der Waals surface area contributed by atoms with Gasteiger partial charge in [-0.15, -0.1) is 6.58 Å². The summed E-state index contributed by atoms with van der Waals surface area (Å²) in [6.07, 6.45) is 4.23. The Labute approximate surface area is 179 Å². The zero-order chi connectivity index (χ0) is 22.7. The topological polar surface area (TPSA) is 77.1 Å². The Bertz CT molecular complexity index is 765. The zero-order valence-corrected chi connectivity index (χ0v) is 18.9. The standard InChI is InChI=1S/C23H34N2O5/c1-8-10-11-14-25(16-17-12-13-18(28-6)15-20(17)29-7)21(26)19(9-2)24-22(27)30-23(3,4)5/h8-9,12-13,15H,1,10-11,14,16H2,2-7H3,(H,24,27)/b19-9+. The molecule has 0 spiro atoms. The number of carbonyl (C=O) groups is 2. The predicted molar refractivity (Wildman–Crippen MR) is 118 cm³/mol. The van der Waals surface area contributed by atoms with E-state index in [1.54, 1.807) is 59.0 Å². The fourth-order valence-corrected chi connectivity index (χ4v) is 2.70. The van der Waals surface area contributed by atoms with Gasteiger partial charge in [0.1, 0.15) is 22.8 Å². The van der Waals surface area contributed by atoms with E-state index in [4.69, 9.17) is 14.2 Å². The number of hydrogen-bond donors (Lipinski definition) is 1. The molecule has 1 aromatic rings. The van der Waals surface area contributed by atoms with Gasteiger partial charge in [-0.05, 0) is 52.7 Å². The number of nitrogens with one attached hydrogen (secondary N) is 1. The number of alkyl carbamates (subject to hydrolysis) is 1. The Balaban J connectivity index is 3.06. The first-order chi connectivity index (χ1) is 14.1. The van der Waals surface area contributed by atoms with Crippen LogP contribution in [0.5, 0.6) is 11.5 Å². The number of methoxy groups -OCH3 is 2. The van der Waals surface area contributed by atoms with Crippen LogP contribution in [0.15, 0.2) is 42.6 Å². The van der Waals surface area contributed by atoms with Crippen molar-refractivity contribution in [3.05, 3.63) is 48.2 Å². The number of carbonyl (C=O) groups excluding carboxylic acids is 2. The lowest BCUT2D eigenvalue weighted by Gasteiger charge is -2.26. The molecular weight excluding hydrogens is 384 g/mol. The molecule has 0 aliphatic carbocycles. The van der Waals surface area contributed by atoms with E-state index in [0.29, 0.717) is 24.6 Å². The summed E-state index contributed by atoms with van der Waals surface area (Å²) in [6.45, 7) is 11.5. The van der Waals surface area contributed by atoms with E-state index in [9.17, 15) is 9.59 Å². The molecule has 1 N–H and O–H groups in total. The van der Waals surface area contributed by atoms with Gasteiger partial charge in [0, 0.05) is 24.7 Å². The molecule has 1 aromatic carbocycles. The highest BCUT2D eigenvalue weighted by Gasteiger charge is 2.23. The molecule has 0 aliphatic heterocycles. The summed E-state index contributed by atoms with van der Waals surface area (Å²) in [6, 6.07) is 5.46. The van der Waals surface area contributed by atoms with Gasteiger partial charge in [0.15, 0.2) is 0 Å². The van der Waals surface area contributed by atoms with E-state index in [1.165, 1.54) is 0 Å². The summed E-state index contributed by atoms with van der Waals surface area (Å²) in [4.78, 5) is 27.0. The molecular formula is C23H34N2O5. The molecule has 0 aliphatic rings. The van der Waals surface area contributed by atoms with Gasteiger partial charge in [-0.1, -0.05) is 12.2 Å². The van der Waals surface area contributed by atoms with Gasteiger partial charge in [0.2, 0.25) is 0 Å². The highest BCUT2D eigenvalue weighted by atomic mass is 16.6. The first kappa shape index (κ1) is 25.1.